The number of aromatic nitrogens is 4. The van der Waals surface area contributed by atoms with Gasteiger partial charge in [0.15, 0.2) is 14.1 Å². The second-order valence-corrected chi connectivity index (χ2v) is 8.48. The molecule has 0 fully saturated rings. The third-order valence-corrected chi connectivity index (χ3v) is 8.10. The second-order valence-electron chi connectivity index (χ2n) is 6.32. The number of rotatable bonds is 6. The molecule has 2 aromatic rings. The van der Waals surface area contributed by atoms with E-state index in [9.17, 15) is 0 Å². The Balaban J connectivity index is 1.88. The summed E-state index contributed by atoms with van der Waals surface area (Å²) in [5, 5.41) is 0. The average molecular weight is 542 g/mol. The summed E-state index contributed by atoms with van der Waals surface area (Å²) in [7, 11) is 4.33. The highest BCUT2D eigenvalue weighted by Gasteiger charge is 2.20. The summed E-state index contributed by atoms with van der Waals surface area (Å²) >= 11 is 4.91. The molecule has 0 amide bonds. The molecule has 0 N–H and O–H groups in total. The molecule has 0 spiro atoms. The van der Waals surface area contributed by atoms with Crippen LogP contribution < -0.4 is 9.36 Å². The van der Waals surface area contributed by atoms with Crippen molar-refractivity contribution in [3.63, 3.8) is 0 Å². The quantitative estimate of drug-likeness (QED) is 0.303. The summed E-state index contributed by atoms with van der Waals surface area (Å²) in [4.78, 5) is 0. The molecule has 0 saturated heterocycles. The molecule has 0 aromatic carbocycles. The Morgan fingerprint density at radius 3 is 1.30 bits per heavy atom. The van der Waals surface area contributed by atoms with Gasteiger partial charge in [0.1, 0.15) is 7.14 Å². The average Bonchev–Trinajstić information content (AvgIpc) is 2.83. The van der Waals surface area contributed by atoms with Gasteiger partial charge >= 0.3 is 0 Å². The number of halogens is 2. The topological polar surface area (TPSA) is 17.6 Å². The summed E-state index contributed by atoms with van der Waals surface area (Å²) in [6, 6.07) is 0. The number of hydrogen-bond donors (Lipinski definition) is 0. The Bertz CT molecular complexity index is 602. The third-order valence-electron chi connectivity index (χ3n) is 4.98. The fraction of sp³-hybridized carbons (Fsp3) is 0.647. The van der Waals surface area contributed by atoms with Crippen molar-refractivity contribution in [2.24, 2.45) is 14.1 Å². The molecule has 128 valence electrons. The van der Waals surface area contributed by atoms with Crippen LogP contribution in [0.5, 0.6) is 0 Å². The van der Waals surface area contributed by atoms with Crippen LogP contribution in [0.2, 0.25) is 0 Å². The van der Waals surface area contributed by atoms with Gasteiger partial charge in [-0.2, -0.15) is 9.36 Å². The molecule has 0 unspecified atom stereocenters. The van der Waals surface area contributed by atoms with E-state index in [1.165, 1.54) is 49.2 Å². The molecule has 0 aliphatic rings. The Hall–Kier alpha value is -0.120. The summed E-state index contributed by atoms with van der Waals surface area (Å²) in [5.74, 6) is 0. The van der Waals surface area contributed by atoms with Gasteiger partial charge in [-0.15, -0.1) is 9.36 Å². The molecular formula is C17H28I2N4+2. The zero-order valence-corrected chi connectivity index (χ0v) is 19.4. The van der Waals surface area contributed by atoms with E-state index in [1.54, 1.807) is 0 Å². The van der Waals surface area contributed by atoms with Crippen molar-refractivity contribution in [1.82, 2.24) is 9.36 Å². The van der Waals surface area contributed by atoms with Crippen molar-refractivity contribution in [1.29, 1.82) is 0 Å². The molecule has 23 heavy (non-hydrogen) atoms. The predicted molar refractivity (Wildman–Crippen MR) is 109 cm³/mol. The first kappa shape index (κ1) is 19.2. The van der Waals surface area contributed by atoms with E-state index in [4.69, 9.17) is 0 Å². The Kier molecular flexibility index (Phi) is 6.55. The van der Waals surface area contributed by atoms with Gasteiger partial charge in [0.05, 0.1) is 24.5 Å². The first-order chi connectivity index (χ1) is 10.8. The van der Waals surface area contributed by atoms with E-state index in [2.05, 4.69) is 106 Å². The Labute approximate surface area is 167 Å². The van der Waals surface area contributed by atoms with Gasteiger partial charge in [-0.05, 0) is 78.3 Å². The number of nitrogens with zero attached hydrogens (tertiary/aromatic N) is 4. The standard InChI is InChI=1S/C17H28I2N4/c1-12-16(18)14(3)22(20(12)5)10-8-7-9-11-23-15(4)17(19)13(2)21(23)6/h7-11H2,1-6H3/q+2. The molecule has 0 radical (unpaired) electrons. The molecule has 4 nitrogen and oxygen atoms in total. The first-order valence-corrected chi connectivity index (χ1v) is 10.4. The van der Waals surface area contributed by atoms with E-state index < -0.39 is 0 Å². The number of unbranched alkanes of at least 4 members (excludes halogenated alkanes) is 2. The lowest BCUT2D eigenvalue weighted by molar-refractivity contribution is -0.759. The lowest BCUT2D eigenvalue weighted by Crippen LogP contribution is -2.42. The second kappa shape index (κ2) is 7.84. The lowest BCUT2D eigenvalue weighted by atomic mass is 10.2. The zero-order chi connectivity index (χ0) is 17.3. The fourth-order valence-corrected chi connectivity index (χ4v) is 4.44. The molecule has 0 saturated carbocycles. The minimum atomic E-state index is 1.11. The molecule has 2 rings (SSSR count). The minimum Gasteiger partial charge on any atom is -0.157 e. The van der Waals surface area contributed by atoms with Crippen LogP contribution in [0.4, 0.5) is 0 Å². The summed E-state index contributed by atoms with van der Waals surface area (Å²) in [5.41, 5.74) is 5.51. The summed E-state index contributed by atoms with van der Waals surface area (Å²) < 4.78 is 12.2. The van der Waals surface area contributed by atoms with Gasteiger partial charge in [-0.25, -0.2) is 0 Å². The molecule has 0 atom stereocenters. The Morgan fingerprint density at radius 1 is 0.696 bits per heavy atom. The van der Waals surface area contributed by atoms with Crippen molar-refractivity contribution < 1.29 is 9.36 Å². The summed E-state index contributed by atoms with van der Waals surface area (Å²) in [6.45, 7) is 11.1. The van der Waals surface area contributed by atoms with Gasteiger partial charge in [0.25, 0.3) is 0 Å². The SMILES string of the molecule is Cc1c(I)c(C)[n+](C)n1CCCCCn1c(C)c(I)c(C)[n+]1C. The monoisotopic (exact) mass is 542 g/mol. The van der Waals surface area contributed by atoms with Crippen molar-refractivity contribution in [2.75, 3.05) is 0 Å². The van der Waals surface area contributed by atoms with Crippen LogP contribution >= 0.6 is 45.2 Å². The van der Waals surface area contributed by atoms with Crippen molar-refractivity contribution in [3.8, 4) is 0 Å². The van der Waals surface area contributed by atoms with Gasteiger partial charge in [-0.1, -0.05) is 0 Å². The smallest absolute Gasteiger partial charge is 0.157 e. The number of hydrogen-bond acceptors (Lipinski definition) is 0. The maximum Gasteiger partial charge on any atom is 0.218 e. The first-order valence-electron chi connectivity index (χ1n) is 8.20. The van der Waals surface area contributed by atoms with Crippen molar-refractivity contribution in [2.45, 2.75) is 60.0 Å². The van der Waals surface area contributed by atoms with Crippen molar-refractivity contribution in [3.05, 3.63) is 29.9 Å². The van der Waals surface area contributed by atoms with Crippen LogP contribution in [0.25, 0.3) is 0 Å². The largest absolute Gasteiger partial charge is 0.218 e. The van der Waals surface area contributed by atoms with E-state index in [1.807, 2.05) is 0 Å². The van der Waals surface area contributed by atoms with E-state index >= 15 is 0 Å². The fourth-order valence-electron chi connectivity index (χ4n) is 3.18. The maximum absolute atomic E-state index is 2.46. The highest BCUT2D eigenvalue weighted by molar-refractivity contribution is 14.1. The van der Waals surface area contributed by atoms with Gasteiger partial charge in [0, 0.05) is 13.8 Å². The van der Waals surface area contributed by atoms with E-state index in [-0.39, 0.29) is 0 Å². The molecule has 6 heteroatoms. The molecule has 0 aliphatic heterocycles. The van der Waals surface area contributed by atoms with Crippen LogP contribution in [-0.2, 0) is 27.2 Å². The maximum atomic E-state index is 2.46. The third kappa shape index (κ3) is 3.77. The molecule has 0 aliphatic carbocycles. The van der Waals surface area contributed by atoms with Crippen LogP contribution in [0.3, 0.4) is 0 Å². The molecular weight excluding hydrogens is 514 g/mol. The lowest BCUT2D eigenvalue weighted by Gasteiger charge is -2.05. The minimum absolute atomic E-state index is 1.11. The predicted octanol–water partition coefficient (Wildman–Crippen LogP) is 3.25. The van der Waals surface area contributed by atoms with Gasteiger partial charge < -0.3 is 0 Å². The zero-order valence-electron chi connectivity index (χ0n) is 15.1. The van der Waals surface area contributed by atoms with Crippen LogP contribution in [0.1, 0.15) is 42.0 Å². The molecule has 2 aromatic heterocycles. The summed E-state index contributed by atoms with van der Waals surface area (Å²) in [6.07, 6.45) is 3.73. The van der Waals surface area contributed by atoms with Crippen LogP contribution in [0, 0.1) is 34.8 Å². The van der Waals surface area contributed by atoms with Crippen LogP contribution in [-0.4, -0.2) is 9.36 Å². The highest BCUT2D eigenvalue weighted by Crippen LogP contribution is 2.16. The highest BCUT2D eigenvalue weighted by atomic mass is 127. The molecule has 0 bridgehead atoms. The van der Waals surface area contributed by atoms with Crippen LogP contribution in [0.15, 0.2) is 0 Å². The molecule has 2 heterocycles. The van der Waals surface area contributed by atoms with Crippen molar-refractivity contribution >= 4 is 45.2 Å². The Morgan fingerprint density at radius 2 is 1.04 bits per heavy atom. The van der Waals surface area contributed by atoms with Gasteiger partial charge in [-0.3, -0.25) is 0 Å². The van der Waals surface area contributed by atoms with Gasteiger partial charge in [0.2, 0.25) is 11.4 Å². The van der Waals surface area contributed by atoms with E-state index in [0.29, 0.717) is 0 Å². The normalized spacial score (nSPS) is 11.5. The van der Waals surface area contributed by atoms with E-state index in [0.717, 1.165) is 13.1 Å².